The molecule has 6 heteroatoms. The number of hydrogen-bond acceptors (Lipinski definition) is 4. The summed E-state index contributed by atoms with van der Waals surface area (Å²) in [6, 6.07) is 23.6. The predicted octanol–water partition coefficient (Wildman–Crippen LogP) is 4.30. The molecule has 0 aromatic heterocycles. The van der Waals surface area contributed by atoms with Crippen LogP contribution in [-0.4, -0.2) is 36.5 Å². The van der Waals surface area contributed by atoms with Gasteiger partial charge in [-0.3, -0.25) is 9.59 Å². The highest BCUT2D eigenvalue weighted by Crippen LogP contribution is 2.32. The summed E-state index contributed by atoms with van der Waals surface area (Å²) in [7, 11) is 1.74. The SMILES string of the molecule is C[C@H](c1cccc(NC(=O)c2ccccc2)c1)N(C)C(=O)[C@@H]1COc2ccccc2O1. The van der Waals surface area contributed by atoms with E-state index in [4.69, 9.17) is 9.47 Å². The van der Waals surface area contributed by atoms with Gasteiger partial charge in [-0.1, -0.05) is 42.5 Å². The molecule has 0 aliphatic carbocycles. The third-order valence-electron chi connectivity index (χ3n) is 5.38. The van der Waals surface area contributed by atoms with Crippen LogP contribution in [0.25, 0.3) is 0 Å². The summed E-state index contributed by atoms with van der Waals surface area (Å²) in [4.78, 5) is 27.1. The van der Waals surface area contributed by atoms with Crippen molar-refractivity contribution in [2.24, 2.45) is 0 Å². The average Bonchev–Trinajstić information content (AvgIpc) is 2.83. The Morgan fingerprint density at radius 3 is 2.45 bits per heavy atom. The van der Waals surface area contributed by atoms with Gasteiger partial charge in [-0.25, -0.2) is 0 Å². The molecule has 0 unspecified atom stereocenters. The Morgan fingerprint density at radius 2 is 1.68 bits per heavy atom. The first kappa shape index (κ1) is 20.5. The molecule has 0 bridgehead atoms. The largest absolute Gasteiger partial charge is 0.485 e. The van der Waals surface area contributed by atoms with E-state index in [1.807, 2.05) is 67.6 Å². The number of carbonyl (C=O) groups excluding carboxylic acids is 2. The molecule has 1 aliphatic heterocycles. The van der Waals surface area contributed by atoms with Crippen LogP contribution in [0.1, 0.15) is 28.9 Å². The van der Waals surface area contributed by atoms with Crippen LogP contribution in [-0.2, 0) is 4.79 Å². The normalized spacial score (nSPS) is 15.6. The number of ether oxygens (including phenoxy) is 2. The van der Waals surface area contributed by atoms with E-state index < -0.39 is 6.10 Å². The molecule has 0 spiro atoms. The van der Waals surface area contributed by atoms with Crippen molar-refractivity contribution in [3.63, 3.8) is 0 Å². The van der Waals surface area contributed by atoms with Gasteiger partial charge in [0, 0.05) is 18.3 Å². The van der Waals surface area contributed by atoms with Gasteiger partial charge in [0.1, 0.15) is 6.61 Å². The topological polar surface area (TPSA) is 67.9 Å². The summed E-state index contributed by atoms with van der Waals surface area (Å²) in [5.74, 6) is 0.866. The lowest BCUT2D eigenvalue weighted by Gasteiger charge is -2.32. The fraction of sp³-hybridized carbons (Fsp3) is 0.200. The van der Waals surface area contributed by atoms with Crippen molar-refractivity contribution < 1.29 is 19.1 Å². The number of hydrogen-bond donors (Lipinski definition) is 1. The minimum Gasteiger partial charge on any atom is -0.485 e. The Morgan fingerprint density at radius 1 is 0.968 bits per heavy atom. The van der Waals surface area contributed by atoms with Gasteiger partial charge in [0.05, 0.1) is 6.04 Å². The number of amides is 2. The van der Waals surface area contributed by atoms with Gasteiger partial charge in [-0.2, -0.15) is 0 Å². The summed E-state index contributed by atoms with van der Waals surface area (Å²) >= 11 is 0. The van der Waals surface area contributed by atoms with Crippen LogP contribution in [0, 0.1) is 0 Å². The van der Waals surface area contributed by atoms with Crippen LogP contribution in [0.5, 0.6) is 11.5 Å². The van der Waals surface area contributed by atoms with Crippen molar-refractivity contribution in [2.75, 3.05) is 19.0 Å². The minimum atomic E-state index is -0.705. The van der Waals surface area contributed by atoms with Crippen LogP contribution in [0.2, 0.25) is 0 Å². The number of carbonyl (C=O) groups is 2. The molecule has 3 aromatic rings. The van der Waals surface area contributed by atoms with Gasteiger partial charge < -0.3 is 19.7 Å². The van der Waals surface area contributed by atoms with Crippen molar-refractivity contribution in [3.05, 3.63) is 90.0 Å². The Hall–Kier alpha value is -3.80. The number of likely N-dealkylation sites (N-methyl/N-ethyl adjacent to an activating group) is 1. The third-order valence-corrected chi connectivity index (χ3v) is 5.38. The number of anilines is 1. The average molecular weight is 416 g/mol. The first-order chi connectivity index (χ1) is 15.0. The van der Waals surface area contributed by atoms with Gasteiger partial charge in [0.25, 0.3) is 11.8 Å². The van der Waals surface area contributed by atoms with Gasteiger partial charge in [-0.05, 0) is 48.9 Å². The minimum absolute atomic E-state index is 0.166. The molecule has 2 atom stereocenters. The van der Waals surface area contributed by atoms with Gasteiger partial charge in [0.2, 0.25) is 6.10 Å². The number of rotatable bonds is 5. The Kier molecular flexibility index (Phi) is 5.89. The molecule has 0 saturated carbocycles. The lowest BCUT2D eigenvalue weighted by molar-refractivity contribution is -0.141. The molecule has 4 rings (SSSR count). The lowest BCUT2D eigenvalue weighted by atomic mass is 10.1. The van der Waals surface area contributed by atoms with E-state index in [1.54, 1.807) is 30.1 Å². The lowest BCUT2D eigenvalue weighted by Crippen LogP contribution is -2.45. The van der Waals surface area contributed by atoms with Crippen molar-refractivity contribution in [1.29, 1.82) is 0 Å². The van der Waals surface area contributed by atoms with Crippen molar-refractivity contribution in [2.45, 2.75) is 19.1 Å². The highest BCUT2D eigenvalue weighted by Gasteiger charge is 2.31. The fourth-order valence-corrected chi connectivity index (χ4v) is 3.45. The maximum absolute atomic E-state index is 13.0. The molecule has 1 N–H and O–H groups in total. The highest BCUT2D eigenvalue weighted by molar-refractivity contribution is 6.04. The van der Waals surface area contributed by atoms with Crippen molar-refractivity contribution >= 4 is 17.5 Å². The highest BCUT2D eigenvalue weighted by atomic mass is 16.6. The van der Waals surface area contributed by atoms with E-state index in [0.29, 0.717) is 22.7 Å². The van der Waals surface area contributed by atoms with E-state index in [2.05, 4.69) is 5.32 Å². The summed E-state index contributed by atoms with van der Waals surface area (Å²) < 4.78 is 11.5. The van der Waals surface area contributed by atoms with Gasteiger partial charge in [0.15, 0.2) is 11.5 Å². The van der Waals surface area contributed by atoms with Crippen molar-refractivity contribution in [3.8, 4) is 11.5 Å². The molecule has 158 valence electrons. The van der Waals surface area contributed by atoms with Crippen molar-refractivity contribution in [1.82, 2.24) is 4.90 Å². The van der Waals surface area contributed by atoms with Crippen LogP contribution < -0.4 is 14.8 Å². The summed E-state index contributed by atoms with van der Waals surface area (Å²) in [5.41, 5.74) is 2.16. The van der Waals surface area contributed by atoms with E-state index in [9.17, 15) is 9.59 Å². The molecular weight excluding hydrogens is 392 g/mol. The number of para-hydroxylation sites is 2. The third kappa shape index (κ3) is 4.53. The van der Waals surface area contributed by atoms with Gasteiger partial charge >= 0.3 is 0 Å². The summed E-state index contributed by atoms with van der Waals surface area (Å²) in [6.07, 6.45) is -0.705. The molecule has 0 radical (unpaired) electrons. The molecule has 1 aliphatic rings. The maximum atomic E-state index is 13.0. The zero-order valence-electron chi connectivity index (χ0n) is 17.4. The fourth-order valence-electron chi connectivity index (χ4n) is 3.45. The Balaban J connectivity index is 1.44. The molecule has 3 aromatic carbocycles. The van der Waals surface area contributed by atoms with Crippen LogP contribution in [0.3, 0.4) is 0 Å². The monoisotopic (exact) mass is 416 g/mol. The summed E-state index contributed by atoms with van der Waals surface area (Å²) in [5, 5.41) is 2.91. The maximum Gasteiger partial charge on any atom is 0.267 e. The number of nitrogens with zero attached hydrogens (tertiary/aromatic N) is 1. The second kappa shape index (κ2) is 8.92. The smallest absolute Gasteiger partial charge is 0.267 e. The molecular formula is C25H24N2O4. The molecule has 2 amide bonds. The molecule has 31 heavy (non-hydrogen) atoms. The van der Waals surface area contributed by atoms with E-state index in [0.717, 1.165) is 5.56 Å². The van der Waals surface area contributed by atoms with Crippen LogP contribution >= 0.6 is 0 Å². The van der Waals surface area contributed by atoms with Gasteiger partial charge in [-0.15, -0.1) is 0 Å². The van der Waals surface area contributed by atoms with Crippen LogP contribution in [0.15, 0.2) is 78.9 Å². The number of nitrogens with one attached hydrogen (secondary N) is 1. The molecule has 1 heterocycles. The zero-order valence-corrected chi connectivity index (χ0v) is 17.4. The quantitative estimate of drug-likeness (QED) is 0.673. The van der Waals surface area contributed by atoms with E-state index in [1.165, 1.54) is 0 Å². The molecule has 0 saturated heterocycles. The number of fused-ring (bicyclic) bond motifs is 1. The second-order valence-corrected chi connectivity index (χ2v) is 7.43. The standard InChI is InChI=1S/C25H24N2O4/c1-17(27(2)25(29)23-16-30-21-13-6-7-14-22(21)31-23)19-11-8-12-20(15-19)26-24(28)18-9-4-3-5-10-18/h3-15,17,23H,16H2,1-2H3,(H,26,28)/t17-,23+/m1/s1. The molecule has 0 fully saturated rings. The first-order valence-electron chi connectivity index (χ1n) is 10.1. The van der Waals surface area contributed by atoms with Crippen LogP contribution in [0.4, 0.5) is 5.69 Å². The number of benzene rings is 3. The summed E-state index contributed by atoms with van der Waals surface area (Å²) in [6.45, 7) is 2.10. The first-order valence-corrected chi connectivity index (χ1v) is 10.1. The Labute approximate surface area is 181 Å². The zero-order chi connectivity index (χ0) is 21.8. The van der Waals surface area contributed by atoms with E-state index >= 15 is 0 Å². The molecule has 6 nitrogen and oxygen atoms in total. The Bertz CT molecular complexity index is 1080. The second-order valence-electron chi connectivity index (χ2n) is 7.43. The predicted molar refractivity (Wildman–Crippen MR) is 118 cm³/mol. The van der Waals surface area contributed by atoms with E-state index in [-0.39, 0.29) is 24.5 Å².